The summed E-state index contributed by atoms with van der Waals surface area (Å²) in [4.78, 5) is 11.8. The van der Waals surface area contributed by atoms with Crippen molar-refractivity contribution in [1.82, 2.24) is 5.32 Å². The highest BCUT2D eigenvalue weighted by Gasteiger charge is 2.23. The highest BCUT2D eigenvalue weighted by atomic mass is 32.2. The van der Waals surface area contributed by atoms with Crippen LogP contribution in [0.2, 0.25) is 0 Å². The van der Waals surface area contributed by atoms with E-state index in [2.05, 4.69) is 5.32 Å². The van der Waals surface area contributed by atoms with E-state index in [0.717, 1.165) is 11.0 Å². The topological polar surface area (TPSA) is 63.2 Å². The van der Waals surface area contributed by atoms with Crippen LogP contribution in [0.25, 0.3) is 0 Å². The van der Waals surface area contributed by atoms with Crippen LogP contribution in [0.1, 0.15) is 11.1 Å². The van der Waals surface area contributed by atoms with Gasteiger partial charge < -0.3 is 5.32 Å². The summed E-state index contributed by atoms with van der Waals surface area (Å²) >= 11 is 0. The number of sulfone groups is 1. The molecule has 102 valence electrons. The van der Waals surface area contributed by atoms with Crippen molar-refractivity contribution in [3.05, 3.63) is 46.6 Å². The number of hydrogen-bond acceptors (Lipinski definition) is 3. The summed E-state index contributed by atoms with van der Waals surface area (Å²) in [5.74, 6) is -0.821. The maximum absolute atomic E-state index is 13.1. The van der Waals surface area contributed by atoms with Gasteiger partial charge in [-0.2, -0.15) is 0 Å². The quantitative estimate of drug-likeness (QED) is 0.903. The third kappa shape index (κ3) is 3.64. The Morgan fingerprint density at radius 1 is 1.47 bits per heavy atom. The molecule has 4 nitrogen and oxygen atoms in total. The number of halogens is 1. The van der Waals surface area contributed by atoms with Gasteiger partial charge in [-0.25, -0.2) is 12.8 Å². The van der Waals surface area contributed by atoms with E-state index in [4.69, 9.17) is 0 Å². The van der Waals surface area contributed by atoms with Crippen LogP contribution in [0.4, 0.5) is 4.39 Å². The second-order valence-electron chi connectivity index (χ2n) is 4.58. The lowest BCUT2D eigenvalue weighted by Gasteiger charge is -2.11. The average molecular weight is 283 g/mol. The average Bonchev–Trinajstić information content (AvgIpc) is 2.63. The van der Waals surface area contributed by atoms with Crippen molar-refractivity contribution in [2.24, 2.45) is 0 Å². The fourth-order valence-electron chi connectivity index (χ4n) is 1.93. The molecule has 6 heteroatoms. The Morgan fingerprint density at radius 3 is 2.84 bits per heavy atom. The molecule has 0 aromatic heterocycles. The zero-order valence-corrected chi connectivity index (χ0v) is 11.2. The van der Waals surface area contributed by atoms with Gasteiger partial charge >= 0.3 is 0 Å². The molecule has 0 radical (unpaired) electrons. The largest absolute Gasteiger partial charge is 0.349 e. The van der Waals surface area contributed by atoms with Crippen molar-refractivity contribution < 1.29 is 17.6 Å². The predicted octanol–water partition coefficient (Wildman–Crippen LogP) is 1.10. The molecule has 1 aliphatic heterocycles. The van der Waals surface area contributed by atoms with Gasteiger partial charge in [-0.15, -0.1) is 0 Å². The lowest BCUT2D eigenvalue weighted by atomic mass is 10.1. The van der Waals surface area contributed by atoms with Crippen LogP contribution in [0.5, 0.6) is 0 Å². The van der Waals surface area contributed by atoms with Crippen molar-refractivity contribution in [1.29, 1.82) is 0 Å². The summed E-state index contributed by atoms with van der Waals surface area (Å²) in [6, 6.07) is 3.77. The monoisotopic (exact) mass is 283 g/mol. The van der Waals surface area contributed by atoms with Gasteiger partial charge in [-0.1, -0.05) is 6.07 Å². The highest BCUT2D eigenvalue weighted by Crippen LogP contribution is 2.12. The van der Waals surface area contributed by atoms with Crippen LogP contribution >= 0.6 is 0 Å². The van der Waals surface area contributed by atoms with Crippen LogP contribution in [-0.4, -0.2) is 26.1 Å². The molecule has 1 heterocycles. The molecule has 1 amide bonds. The van der Waals surface area contributed by atoms with Crippen molar-refractivity contribution in [3.8, 4) is 0 Å². The predicted molar refractivity (Wildman–Crippen MR) is 69.7 cm³/mol. The van der Waals surface area contributed by atoms with Gasteiger partial charge in [0.05, 0.1) is 18.2 Å². The summed E-state index contributed by atoms with van der Waals surface area (Å²) in [5.41, 5.74) is 1.42. The Labute approximate surface area is 111 Å². The fraction of sp³-hybridized carbons (Fsp3) is 0.308. The lowest BCUT2D eigenvalue weighted by molar-refractivity contribution is -0.120. The van der Waals surface area contributed by atoms with Crippen molar-refractivity contribution in [3.63, 3.8) is 0 Å². The normalized spacial score (nSPS) is 20.4. The van der Waals surface area contributed by atoms with Crippen molar-refractivity contribution in [2.75, 3.05) is 5.75 Å². The maximum atomic E-state index is 13.1. The molecule has 0 fully saturated rings. The Bertz CT molecular complexity index is 637. The minimum absolute atomic E-state index is 0.0357. The first-order valence-corrected chi connectivity index (χ1v) is 7.52. The van der Waals surface area contributed by atoms with Gasteiger partial charge in [0.25, 0.3) is 0 Å². The Morgan fingerprint density at radius 2 is 2.21 bits per heavy atom. The molecule has 19 heavy (non-hydrogen) atoms. The van der Waals surface area contributed by atoms with Crippen molar-refractivity contribution in [2.45, 2.75) is 19.4 Å². The second-order valence-corrected chi connectivity index (χ2v) is 6.51. The summed E-state index contributed by atoms with van der Waals surface area (Å²) in [6.07, 6.45) is 1.49. The van der Waals surface area contributed by atoms with E-state index in [-0.39, 0.29) is 18.1 Å². The zero-order valence-electron chi connectivity index (χ0n) is 10.4. The zero-order chi connectivity index (χ0) is 14.0. The molecule has 2 rings (SSSR count). The standard InChI is InChI=1S/C13H14FNO3S/c1-9-2-3-11(14)6-10(9)7-13(16)15-12-4-5-19(17,18)8-12/h2-6,12H,7-8H2,1H3,(H,15,16)/t12-/m0/s1. The highest BCUT2D eigenvalue weighted by molar-refractivity contribution is 7.94. The number of benzene rings is 1. The van der Waals surface area contributed by atoms with Gasteiger partial charge in [0, 0.05) is 5.41 Å². The number of rotatable bonds is 3. The molecule has 0 spiro atoms. The molecular weight excluding hydrogens is 269 g/mol. The van der Waals surface area contributed by atoms with E-state index in [1.54, 1.807) is 13.0 Å². The smallest absolute Gasteiger partial charge is 0.224 e. The summed E-state index contributed by atoms with van der Waals surface area (Å²) in [6.45, 7) is 1.79. The number of hydrogen-bond donors (Lipinski definition) is 1. The molecule has 0 saturated carbocycles. The SMILES string of the molecule is Cc1ccc(F)cc1CC(=O)N[C@H]1C=CS(=O)(=O)C1. The van der Waals surface area contributed by atoms with E-state index in [1.165, 1.54) is 18.2 Å². The van der Waals surface area contributed by atoms with E-state index >= 15 is 0 Å². The summed E-state index contributed by atoms with van der Waals surface area (Å²) < 4.78 is 35.5. The number of aryl methyl sites for hydroxylation is 1. The van der Waals surface area contributed by atoms with Gasteiger partial charge in [-0.05, 0) is 36.3 Å². The fourth-order valence-corrected chi connectivity index (χ4v) is 3.16. The molecular formula is C13H14FNO3S. The summed E-state index contributed by atoms with van der Waals surface area (Å²) in [7, 11) is -3.18. The Kier molecular flexibility index (Phi) is 3.71. The molecule has 1 atom stereocenters. The van der Waals surface area contributed by atoms with Crippen molar-refractivity contribution >= 4 is 15.7 Å². The molecule has 0 bridgehead atoms. The number of carbonyl (C=O) groups is 1. The number of amides is 1. The molecule has 1 aliphatic rings. The van der Waals surface area contributed by atoms with Crippen LogP contribution in [0.3, 0.4) is 0 Å². The van der Waals surface area contributed by atoms with Crippen LogP contribution < -0.4 is 5.32 Å². The third-order valence-electron chi connectivity index (χ3n) is 2.94. The number of carbonyl (C=O) groups excluding carboxylic acids is 1. The minimum Gasteiger partial charge on any atom is -0.349 e. The molecule has 1 N–H and O–H groups in total. The first-order valence-electron chi connectivity index (χ1n) is 5.81. The van der Waals surface area contributed by atoms with Gasteiger partial charge in [0.15, 0.2) is 9.84 Å². The van der Waals surface area contributed by atoms with E-state index in [9.17, 15) is 17.6 Å². The first-order chi connectivity index (χ1) is 8.85. The van der Waals surface area contributed by atoms with E-state index in [0.29, 0.717) is 5.56 Å². The van der Waals surface area contributed by atoms with Crippen LogP contribution in [0.15, 0.2) is 29.7 Å². The third-order valence-corrected chi connectivity index (χ3v) is 4.33. The summed E-state index contributed by atoms with van der Waals surface area (Å²) in [5, 5.41) is 3.70. The van der Waals surface area contributed by atoms with Crippen LogP contribution in [0, 0.1) is 12.7 Å². The lowest BCUT2D eigenvalue weighted by Crippen LogP contribution is -2.36. The van der Waals surface area contributed by atoms with E-state index < -0.39 is 21.7 Å². The second kappa shape index (κ2) is 5.13. The molecule has 0 aliphatic carbocycles. The maximum Gasteiger partial charge on any atom is 0.224 e. The van der Waals surface area contributed by atoms with Gasteiger partial charge in [0.1, 0.15) is 5.82 Å². The van der Waals surface area contributed by atoms with E-state index in [1.807, 2.05) is 0 Å². The molecule has 0 saturated heterocycles. The molecule has 1 aromatic carbocycles. The first kappa shape index (κ1) is 13.7. The molecule has 0 unspecified atom stereocenters. The van der Waals surface area contributed by atoms with Crippen LogP contribution in [-0.2, 0) is 21.1 Å². The minimum atomic E-state index is -3.18. The Hall–Kier alpha value is -1.69. The number of nitrogens with one attached hydrogen (secondary N) is 1. The van der Waals surface area contributed by atoms with Gasteiger partial charge in [0.2, 0.25) is 5.91 Å². The van der Waals surface area contributed by atoms with Gasteiger partial charge in [-0.3, -0.25) is 4.79 Å². The molecule has 1 aromatic rings. The Balaban J connectivity index is 1.99.